The van der Waals surface area contributed by atoms with Gasteiger partial charge < -0.3 is 18.9 Å². The van der Waals surface area contributed by atoms with Gasteiger partial charge in [0.25, 0.3) is 0 Å². The number of fused-ring (bicyclic) bond motifs is 2. The van der Waals surface area contributed by atoms with E-state index >= 15 is 0 Å². The number of nitrogens with zero attached hydrogens (tertiary/aromatic N) is 3. The normalized spacial score (nSPS) is 23.7. The third kappa shape index (κ3) is 3.29. The van der Waals surface area contributed by atoms with Gasteiger partial charge in [-0.2, -0.15) is 0 Å². The van der Waals surface area contributed by atoms with E-state index in [0.29, 0.717) is 19.8 Å². The van der Waals surface area contributed by atoms with Gasteiger partial charge in [0.1, 0.15) is 0 Å². The number of piperidine rings is 1. The molecule has 4 heterocycles. The molecule has 1 atom stereocenters. The van der Waals surface area contributed by atoms with Gasteiger partial charge >= 0.3 is 0 Å². The number of ether oxygens (including phenoxy) is 2. The van der Waals surface area contributed by atoms with Crippen LogP contribution in [-0.4, -0.2) is 39.4 Å². The molecule has 3 aliphatic rings. The van der Waals surface area contributed by atoms with Crippen LogP contribution in [0.5, 0.6) is 11.5 Å². The Labute approximate surface area is 162 Å². The van der Waals surface area contributed by atoms with Gasteiger partial charge in [0.15, 0.2) is 16.7 Å². The predicted molar refractivity (Wildman–Crippen MR) is 102 cm³/mol. The summed E-state index contributed by atoms with van der Waals surface area (Å²) in [6.07, 6.45) is 4.53. The van der Waals surface area contributed by atoms with E-state index < -0.39 is 0 Å². The number of hydrogen-bond acceptors (Lipinski definition) is 5. The van der Waals surface area contributed by atoms with Crippen LogP contribution in [0.1, 0.15) is 31.0 Å². The van der Waals surface area contributed by atoms with E-state index in [1.807, 2.05) is 11.0 Å². The minimum atomic E-state index is 0.0544. The van der Waals surface area contributed by atoms with Crippen molar-refractivity contribution < 1.29 is 14.3 Å². The molecule has 142 valence electrons. The van der Waals surface area contributed by atoms with Crippen molar-refractivity contribution in [2.45, 2.75) is 44.4 Å². The Morgan fingerprint density at radius 3 is 3.07 bits per heavy atom. The second kappa shape index (κ2) is 6.48. The summed E-state index contributed by atoms with van der Waals surface area (Å²) in [4.78, 5) is 19.2. The Kier molecular flexibility index (Phi) is 4.07. The molecule has 0 aliphatic carbocycles. The SMILES string of the molecule is C[C@@]1(Cc2ccc3c(c2)OCO3)CCC(=O)N(Cc2cn3c(n2)SCC3)C1. The minimum Gasteiger partial charge on any atom is -0.454 e. The topological polar surface area (TPSA) is 56.6 Å². The predicted octanol–water partition coefficient (Wildman–Crippen LogP) is 3.09. The first kappa shape index (κ1) is 17.0. The molecule has 0 N–H and O–H groups in total. The number of carbonyl (C=O) groups excluding carboxylic acids is 1. The van der Waals surface area contributed by atoms with Crippen LogP contribution in [-0.2, 0) is 24.3 Å². The molecule has 2 aromatic rings. The van der Waals surface area contributed by atoms with Gasteiger partial charge in [-0.3, -0.25) is 4.79 Å². The van der Waals surface area contributed by atoms with Gasteiger partial charge in [-0.25, -0.2) is 4.98 Å². The first-order valence-corrected chi connectivity index (χ1v) is 10.4. The second-order valence-corrected chi connectivity index (χ2v) is 9.04. The number of likely N-dealkylation sites (tertiary alicyclic amines) is 1. The molecule has 0 saturated carbocycles. The van der Waals surface area contributed by atoms with Gasteiger partial charge in [0.2, 0.25) is 12.7 Å². The first-order chi connectivity index (χ1) is 13.1. The Bertz CT molecular complexity index is 875. The average Bonchev–Trinajstić information content (AvgIpc) is 3.33. The van der Waals surface area contributed by atoms with E-state index in [2.05, 4.69) is 29.8 Å². The number of rotatable bonds is 4. The maximum atomic E-state index is 12.5. The largest absolute Gasteiger partial charge is 0.454 e. The number of hydrogen-bond donors (Lipinski definition) is 0. The van der Waals surface area contributed by atoms with Gasteiger partial charge in [-0.1, -0.05) is 24.8 Å². The van der Waals surface area contributed by atoms with Gasteiger partial charge in [0.05, 0.1) is 12.2 Å². The van der Waals surface area contributed by atoms with Crippen molar-refractivity contribution in [3.8, 4) is 11.5 Å². The van der Waals surface area contributed by atoms with E-state index in [-0.39, 0.29) is 11.3 Å². The molecule has 0 bridgehead atoms. The van der Waals surface area contributed by atoms with Gasteiger partial charge in [-0.15, -0.1) is 0 Å². The zero-order valence-corrected chi connectivity index (χ0v) is 16.3. The zero-order valence-electron chi connectivity index (χ0n) is 15.4. The van der Waals surface area contributed by atoms with Crippen molar-refractivity contribution in [1.29, 1.82) is 0 Å². The minimum absolute atomic E-state index is 0.0544. The van der Waals surface area contributed by atoms with Crippen molar-refractivity contribution >= 4 is 17.7 Å². The molecule has 6 nitrogen and oxygen atoms in total. The lowest BCUT2D eigenvalue weighted by atomic mass is 9.76. The zero-order chi connectivity index (χ0) is 18.4. The molecule has 0 radical (unpaired) electrons. The highest BCUT2D eigenvalue weighted by Gasteiger charge is 2.35. The molecule has 1 aromatic heterocycles. The number of aryl methyl sites for hydroxylation is 1. The number of carbonyl (C=O) groups is 1. The fourth-order valence-electron chi connectivity index (χ4n) is 4.26. The summed E-state index contributed by atoms with van der Waals surface area (Å²) < 4.78 is 13.1. The lowest BCUT2D eigenvalue weighted by Gasteiger charge is -2.40. The van der Waals surface area contributed by atoms with Crippen LogP contribution in [0.15, 0.2) is 29.6 Å². The number of thioether (sulfide) groups is 1. The molecule has 0 unspecified atom stereocenters. The van der Waals surface area contributed by atoms with Crippen molar-refractivity contribution in [2.24, 2.45) is 5.41 Å². The fourth-order valence-corrected chi connectivity index (χ4v) is 5.22. The first-order valence-electron chi connectivity index (χ1n) is 9.43. The molecule has 5 rings (SSSR count). The van der Waals surface area contributed by atoms with E-state index in [1.54, 1.807) is 11.8 Å². The molecule has 0 spiro atoms. The number of amides is 1. The Morgan fingerprint density at radius 2 is 2.19 bits per heavy atom. The molecule has 1 aromatic carbocycles. The summed E-state index contributed by atoms with van der Waals surface area (Å²) in [6, 6.07) is 6.17. The lowest BCUT2D eigenvalue weighted by molar-refractivity contribution is -0.138. The summed E-state index contributed by atoms with van der Waals surface area (Å²) in [5.41, 5.74) is 2.28. The van der Waals surface area contributed by atoms with E-state index in [9.17, 15) is 4.79 Å². The summed E-state index contributed by atoms with van der Waals surface area (Å²) >= 11 is 1.79. The Balaban J connectivity index is 1.30. The van der Waals surface area contributed by atoms with Crippen LogP contribution in [0.2, 0.25) is 0 Å². The summed E-state index contributed by atoms with van der Waals surface area (Å²) in [5.74, 6) is 2.97. The number of imidazole rings is 1. The second-order valence-electron chi connectivity index (χ2n) is 7.98. The van der Waals surface area contributed by atoms with Gasteiger partial charge in [0, 0.05) is 31.5 Å². The number of aromatic nitrogens is 2. The highest BCUT2D eigenvalue weighted by molar-refractivity contribution is 7.99. The highest BCUT2D eigenvalue weighted by Crippen LogP contribution is 2.38. The van der Waals surface area contributed by atoms with Gasteiger partial charge in [-0.05, 0) is 36.0 Å². The summed E-state index contributed by atoms with van der Waals surface area (Å²) in [6.45, 7) is 4.96. The van der Waals surface area contributed by atoms with Crippen molar-refractivity contribution in [2.75, 3.05) is 19.1 Å². The molecule has 1 amide bonds. The van der Waals surface area contributed by atoms with Crippen LogP contribution >= 0.6 is 11.8 Å². The third-order valence-electron chi connectivity index (χ3n) is 5.64. The van der Waals surface area contributed by atoms with Crippen LogP contribution in [0.4, 0.5) is 0 Å². The molecule has 7 heteroatoms. The van der Waals surface area contributed by atoms with E-state index in [4.69, 9.17) is 14.5 Å². The molecule has 1 saturated heterocycles. The maximum absolute atomic E-state index is 12.5. The maximum Gasteiger partial charge on any atom is 0.231 e. The molecular weight excluding hydrogens is 362 g/mol. The Hall–Kier alpha value is -2.15. The van der Waals surface area contributed by atoms with Crippen LogP contribution < -0.4 is 9.47 Å². The smallest absolute Gasteiger partial charge is 0.231 e. The molecular formula is C20H23N3O3S. The van der Waals surface area contributed by atoms with Crippen LogP contribution in [0, 0.1) is 5.41 Å². The van der Waals surface area contributed by atoms with E-state index in [1.165, 1.54) is 5.56 Å². The standard InChI is InChI=1S/C20H23N3O3S/c1-20(9-14-2-3-16-17(8-14)26-13-25-16)5-4-18(24)23(12-20)11-15-10-22-6-7-27-19(22)21-15/h2-3,8,10H,4-7,9,11-13H2,1H3/t20-/m0/s1. The quantitative estimate of drug-likeness (QED) is 0.810. The van der Waals surface area contributed by atoms with Crippen molar-refractivity contribution in [1.82, 2.24) is 14.5 Å². The third-order valence-corrected chi connectivity index (χ3v) is 6.61. The molecule has 3 aliphatic heterocycles. The van der Waals surface area contributed by atoms with E-state index in [0.717, 1.165) is 54.0 Å². The van der Waals surface area contributed by atoms with Crippen molar-refractivity contribution in [3.63, 3.8) is 0 Å². The average molecular weight is 385 g/mol. The monoisotopic (exact) mass is 385 g/mol. The summed E-state index contributed by atoms with van der Waals surface area (Å²) in [5, 5.41) is 1.08. The van der Waals surface area contributed by atoms with Crippen molar-refractivity contribution in [3.05, 3.63) is 35.7 Å². The molecule has 1 fully saturated rings. The highest BCUT2D eigenvalue weighted by atomic mass is 32.2. The van der Waals surface area contributed by atoms with Crippen LogP contribution in [0.3, 0.4) is 0 Å². The fraction of sp³-hybridized carbons (Fsp3) is 0.500. The Morgan fingerprint density at radius 1 is 1.30 bits per heavy atom. The number of benzene rings is 1. The lowest BCUT2D eigenvalue weighted by Crippen LogP contribution is -2.45. The van der Waals surface area contributed by atoms with Crippen LogP contribution in [0.25, 0.3) is 0 Å². The summed E-state index contributed by atoms with van der Waals surface area (Å²) in [7, 11) is 0. The molecule has 27 heavy (non-hydrogen) atoms.